The lowest BCUT2D eigenvalue weighted by molar-refractivity contribution is -0.00950. The van der Waals surface area contributed by atoms with Gasteiger partial charge in [-0.1, -0.05) is 0 Å². The number of amides is 1. The largest absolute Gasteiger partial charge is 0.371 e. The van der Waals surface area contributed by atoms with Crippen LogP contribution in [0.4, 0.5) is 0 Å². The average Bonchev–Trinajstić information content (AvgIpc) is 3.19. The van der Waals surface area contributed by atoms with E-state index >= 15 is 0 Å². The Morgan fingerprint density at radius 3 is 3.24 bits per heavy atom. The Hall–Kier alpha value is -1.66. The zero-order valence-corrected chi connectivity index (χ0v) is 12.8. The summed E-state index contributed by atoms with van der Waals surface area (Å²) in [6, 6.07) is 1.84. The van der Waals surface area contributed by atoms with Crippen LogP contribution in [0.5, 0.6) is 0 Å². The maximum atomic E-state index is 12.2. The van der Waals surface area contributed by atoms with Gasteiger partial charge in [0.05, 0.1) is 12.2 Å². The number of hydrogen-bond donors (Lipinski definition) is 1. The number of thiophene rings is 1. The minimum atomic E-state index is -0.110. The van der Waals surface area contributed by atoms with Crippen LogP contribution in [0.25, 0.3) is 0 Å². The summed E-state index contributed by atoms with van der Waals surface area (Å²) in [7, 11) is 0. The van der Waals surface area contributed by atoms with Crippen LogP contribution in [-0.4, -0.2) is 28.3 Å². The van der Waals surface area contributed by atoms with Gasteiger partial charge in [0.2, 0.25) is 0 Å². The molecule has 0 aliphatic carbocycles. The van der Waals surface area contributed by atoms with Crippen LogP contribution in [0.15, 0.2) is 29.2 Å². The van der Waals surface area contributed by atoms with Crippen molar-refractivity contribution >= 4 is 17.2 Å². The lowest BCUT2D eigenvalue weighted by atomic mass is 9.98. The van der Waals surface area contributed by atoms with Crippen molar-refractivity contribution in [2.24, 2.45) is 0 Å². The Kier molecular flexibility index (Phi) is 4.36. The first-order valence-corrected chi connectivity index (χ1v) is 8.19. The fraction of sp³-hybridized carbons (Fsp3) is 0.467. The maximum Gasteiger partial charge on any atom is 0.252 e. The van der Waals surface area contributed by atoms with Gasteiger partial charge in [-0.05, 0) is 31.2 Å². The third kappa shape index (κ3) is 3.16. The van der Waals surface area contributed by atoms with Crippen molar-refractivity contribution in [2.45, 2.75) is 38.5 Å². The van der Waals surface area contributed by atoms with Crippen molar-refractivity contribution < 1.29 is 9.53 Å². The van der Waals surface area contributed by atoms with Crippen LogP contribution in [-0.2, 0) is 11.3 Å². The maximum absolute atomic E-state index is 12.2. The first-order valence-electron chi connectivity index (χ1n) is 7.25. The molecule has 1 N–H and O–H groups in total. The predicted molar refractivity (Wildman–Crippen MR) is 81.4 cm³/mol. The van der Waals surface area contributed by atoms with Crippen molar-refractivity contribution in [3.8, 4) is 0 Å². The molecule has 112 valence electrons. The standard InChI is InChI=1S/C15H19N3O2S/c1-2-18-9-12(8-16-18)14-13(4-3-6-20-14)17-15(19)11-5-7-21-10-11/h5,7-10,13-14H,2-4,6H2,1H3,(H,17,19)/t13-,14+/m0/s1. The van der Waals surface area contributed by atoms with Crippen LogP contribution in [0, 0.1) is 0 Å². The van der Waals surface area contributed by atoms with E-state index in [2.05, 4.69) is 10.4 Å². The van der Waals surface area contributed by atoms with Gasteiger partial charge in [-0.3, -0.25) is 9.48 Å². The molecule has 1 aliphatic rings. The molecular formula is C15H19N3O2S. The molecule has 0 radical (unpaired) electrons. The number of ether oxygens (including phenoxy) is 1. The van der Waals surface area contributed by atoms with E-state index in [1.165, 1.54) is 11.3 Å². The van der Waals surface area contributed by atoms with Crippen LogP contribution in [0.2, 0.25) is 0 Å². The summed E-state index contributed by atoms with van der Waals surface area (Å²) in [5, 5.41) is 11.2. The van der Waals surface area contributed by atoms with Crippen molar-refractivity contribution in [3.05, 3.63) is 40.3 Å². The third-order valence-corrected chi connectivity index (χ3v) is 4.41. The molecule has 3 rings (SSSR count). The number of carbonyl (C=O) groups is 1. The lowest BCUT2D eigenvalue weighted by Gasteiger charge is -2.31. The van der Waals surface area contributed by atoms with Crippen molar-refractivity contribution in [3.63, 3.8) is 0 Å². The van der Waals surface area contributed by atoms with Gasteiger partial charge < -0.3 is 10.1 Å². The smallest absolute Gasteiger partial charge is 0.252 e. The number of nitrogens with one attached hydrogen (secondary N) is 1. The molecule has 0 unspecified atom stereocenters. The van der Waals surface area contributed by atoms with Gasteiger partial charge in [-0.2, -0.15) is 16.4 Å². The van der Waals surface area contributed by atoms with Gasteiger partial charge in [-0.25, -0.2) is 0 Å². The predicted octanol–water partition coefficient (Wildman–Crippen LogP) is 2.61. The molecule has 0 bridgehead atoms. The van der Waals surface area contributed by atoms with E-state index < -0.39 is 0 Å². The number of carbonyl (C=O) groups excluding carboxylic acids is 1. The Morgan fingerprint density at radius 2 is 2.52 bits per heavy atom. The van der Waals surface area contributed by atoms with Gasteiger partial charge in [0.15, 0.2) is 0 Å². The first-order chi connectivity index (χ1) is 10.3. The highest BCUT2D eigenvalue weighted by atomic mass is 32.1. The van der Waals surface area contributed by atoms with Crippen LogP contribution < -0.4 is 5.32 Å². The molecule has 1 aliphatic heterocycles. The molecule has 1 amide bonds. The highest BCUT2D eigenvalue weighted by Crippen LogP contribution is 2.28. The molecule has 2 aromatic rings. The van der Waals surface area contributed by atoms with Gasteiger partial charge in [0.25, 0.3) is 5.91 Å². The summed E-state index contributed by atoms with van der Waals surface area (Å²) < 4.78 is 7.77. The SMILES string of the molecule is CCn1cc([C@H]2OCCC[C@@H]2NC(=O)c2ccsc2)cn1. The van der Waals surface area contributed by atoms with E-state index in [-0.39, 0.29) is 18.1 Å². The summed E-state index contributed by atoms with van der Waals surface area (Å²) in [4.78, 5) is 12.2. The molecular weight excluding hydrogens is 286 g/mol. The number of aromatic nitrogens is 2. The number of nitrogens with zero attached hydrogens (tertiary/aromatic N) is 2. The van der Waals surface area contributed by atoms with E-state index in [1.807, 2.05) is 40.8 Å². The number of rotatable bonds is 4. The van der Waals surface area contributed by atoms with E-state index in [0.29, 0.717) is 5.56 Å². The molecule has 3 heterocycles. The molecule has 6 heteroatoms. The summed E-state index contributed by atoms with van der Waals surface area (Å²) in [5.74, 6) is -0.0281. The van der Waals surface area contributed by atoms with Crippen LogP contribution >= 0.6 is 11.3 Å². The molecule has 2 aromatic heterocycles. The Bertz CT molecular complexity index is 594. The van der Waals surface area contributed by atoms with E-state index in [0.717, 1.165) is 31.6 Å². The van der Waals surface area contributed by atoms with Gasteiger partial charge in [0.1, 0.15) is 6.10 Å². The van der Waals surface area contributed by atoms with Crippen molar-refractivity contribution in [1.29, 1.82) is 0 Å². The van der Waals surface area contributed by atoms with Crippen LogP contribution in [0.3, 0.4) is 0 Å². The zero-order valence-electron chi connectivity index (χ0n) is 12.0. The molecule has 5 nitrogen and oxygen atoms in total. The molecule has 2 atom stereocenters. The third-order valence-electron chi connectivity index (χ3n) is 3.73. The van der Waals surface area contributed by atoms with Gasteiger partial charge in [0, 0.05) is 35.9 Å². The number of aryl methyl sites for hydroxylation is 1. The fourth-order valence-corrected chi connectivity index (χ4v) is 3.24. The second-order valence-electron chi connectivity index (χ2n) is 5.15. The van der Waals surface area contributed by atoms with Crippen LogP contribution in [0.1, 0.15) is 41.8 Å². The summed E-state index contributed by atoms with van der Waals surface area (Å²) in [6.45, 7) is 3.61. The normalized spacial score (nSPS) is 22.1. The summed E-state index contributed by atoms with van der Waals surface area (Å²) in [6.07, 6.45) is 5.62. The fourth-order valence-electron chi connectivity index (χ4n) is 2.60. The lowest BCUT2D eigenvalue weighted by Crippen LogP contribution is -2.42. The number of hydrogen-bond acceptors (Lipinski definition) is 4. The quantitative estimate of drug-likeness (QED) is 0.944. The van der Waals surface area contributed by atoms with Gasteiger partial charge in [-0.15, -0.1) is 0 Å². The molecule has 21 heavy (non-hydrogen) atoms. The zero-order chi connectivity index (χ0) is 14.7. The average molecular weight is 305 g/mol. The Labute approximate surface area is 127 Å². The van der Waals surface area contributed by atoms with E-state index in [9.17, 15) is 4.79 Å². The highest BCUT2D eigenvalue weighted by molar-refractivity contribution is 7.08. The molecule has 0 spiro atoms. The van der Waals surface area contributed by atoms with E-state index in [1.54, 1.807) is 0 Å². The Balaban J connectivity index is 1.73. The van der Waals surface area contributed by atoms with Crippen molar-refractivity contribution in [1.82, 2.24) is 15.1 Å². The second-order valence-corrected chi connectivity index (χ2v) is 5.93. The second kappa shape index (κ2) is 6.41. The summed E-state index contributed by atoms with van der Waals surface area (Å²) >= 11 is 1.53. The molecule has 1 saturated heterocycles. The topological polar surface area (TPSA) is 56.1 Å². The molecule has 1 fully saturated rings. The summed E-state index contributed by atoms with van der Waals surface area (Å²) in [5.41, 5.74) is 1.75. The first kappa shape index (κ1) is 14.3. The van der Waals surface area contributed by atoms with Crippen molar-refractivity contribution in [2.75, 3.05) is 6.61 Å². The minimum Gasteiger partial charge on any atom is -0.371 e. The minimum absolute atomic E-state index is 0.000608. The Morgan fingerprint density at radius 1 is 1.62 bits per heavy atom. The van der Waals surface area contributed by atoms with E-state index in [4.69, 9.17) is 4.74 Å². The highest BCUT2D eigenvalue weighted by Gasteiger charge is 2.30. The molecule has 0 aromatic carbocycles. The molecule has 0 saturated carbocycles. The van der Waals surface area contributed by atoms with Gasteiger partial charge >= 0.3 is 0 Å². The monoisotopic (exact) mass is 305 g/mol.